The van der Waals surface area contributed by atoms with Crippen molar-refractivity contribution in [3.8, 4) is 17.6 Å². The maximum atomic E-state index is 10.1. The van der Waals surface area contributed by atoms with E-state index in [9.17, 15) is 5.11 Å². The number of nitrogens with zero attached hydrogens (tertiary/aromatic N) is 1. The third-order valence-corrected chi connectivity index (χ3v) is 7.11. The Morgan fingerprint density at radius 3 is 2.88 bits per heavy atom. The Morgan fingerprint density at radius 2 is 2.12 bits per heavy atom. The number of aromatic hydroxyl groups is 1. The van der Waals surface area contributed by atoms with Gasteiger partial charge in [0.2, 0.25) is 0 Å². The Kier molecular flexibility index (Phi) is 3.60. The van der Waals surface area contributed by atoms with Gasteiger partial charge in [-0.05, 0) is 85.0 Å². The third-order valence-electron chi connectivity index (χ3n) is 7.11. The van der Waals surface area contributed by atoms with Crippen molar-refractivity contribution in [1.82, 2.24) is 0 Å². The van der Waals surface area contributed by atoms with E-state index in [2.05, 4.69) is 19.1 Å². The molecule has 3 nitrogen and oxygen atoms in total. The van der Waals surface area contributed by atoms with Gasteiger partial charge in [0, 0.05) is 6.08 Å². The second-order valence-corrected chi connectivity index (χ2v) is 7.93. The predicted octanol–water partition coefficient (Wildman–Crippen LogP) is 4.71. The van der Waals surface area contributed by atoms with E-state index in [0.29, 0.717) is 23.5 Å². The molecule has 0 spiro atoms. The van der Waals surface area contributed by atoms with Crippen molar-refractivity contribution in [3.63, 3.8) is 0 Å². The second kappa shape index (κ2) is 5.55. The predicted molar refractivity (Wildman–Crippen MR) is 93.0 cm³/mol. The van der Waals surface area contributed by atoms with Gasteiger partial charge in [-0.3, -0.25) is 0 Å². The zero-order valence-electron chi connectivity index (χ0n) is 14.5. The molecule has 0 bridgehead atoms. The summed E-state index contributed by atoms with van der Waals surface area (Å²) in [5, 5.41) is 19.2. The molecule has 3 heteroatoms. The first-order chi connectivity index (χ1) is 11.6. The lowest BCUT2D eigenvalue weighted by Gasteiger charge is -2.49. The van der Waals surface area contributed by atoms with Gasteiger partial charge in [0.25, 0.3) is 0 Å². The van der Waals surface area contributed by atoms with Crippen LogP contribution in [0.15, 0.2) is 23.8 Å². The molecule has 0 heterocycles. The van der Waals surface area contributed by atoms with Crippen molar-refractivity contribution in [2.75, 3.05) is 7.11 Å². The fourth-order valence-corrected chi connectivity index (χ4v) is 5.91. The van der Waals surface area contributed by atoms with Crippen molar-refractivity contribution in [3.05, 3.63) is 34.9 Å². The number of hydrogen-bond donors (Lipinski definition) is 1. The van der Waals surface area contributed by atoms with E-state index in [1.807, 2.05) is 12.1 Å². The Bertz CT molecular complexity index is 745. The van der Waals surface area contributed by atoms with Crippen LogP contribution in [0.1, 0.15) is 56.1 Å². The molecule has 1 aromatic rings. The Labute approximate surface area is 143 Å². The van der Waals surface area contributed by atoms with E-state index in [-0.39, 0.29) is 11.2 Å². The molecular formula is C21H25NO2. The molecule has 0 radical (unpaired) electrons. The van der Waals surface area contributed by atoms with Crippen molar-refractivity contribution in [2.45, 2.75) is 51.4 Å². The highest BCUT2D eigenvalue weighted by atomic mass is 16.5. The second-order valence-electron chi connectivity index (χ2n) is 7.93. The number of benzene rings is 1. The molecule has 3 aliphatic carbocycles. The molecule has 1 N–H and O–H groups in total. The third kappa shape index (κ3) is 2.09. The number of fused-ring (bicyclic) bond motifs is 5. The van der Waals surface area contributed by atoms with Crippen LogP contribution in [0.2, 0.25) is 0 Å². The summed E-state index contributed by atoms with van der Waals surface area (Å²) in [4.78, 5) is 0. The van der Waals surface area contributed by atoms with E-state index in [1.54, 1.807) is 7.11 Å². The lowest BCUT2D eigenvalue weighted by atomic mass is 9.55. The summed E-state index contributed by atoms with van der Waals surface area (Å²) in [6.45, 7) is 2.39. The van der Waals surface area contributed by atoms with Crippen LogP contribution in [-0.2, 0) is 6.42 Å². The number of phenolic OH excluding ortho intramolecular Hbond substituents is 1. The number of ether oxygens (including phenoxy) is 1. The minimum absolute atomic E-state index is 0.218. The van der Waals surface area contributed by atoms with Gasteiger partial charge in [0.1, 0.15) is 0 Å². The Morgan fingerprint density at radius 1 is 1.29 bits per heavy atom. The number of hydrogen-bond acceptors (Lipinski definition) is 3. The monoisotopic (exact) mass is 323 g/mol. The summed E-state index contributed by atoms with van der Waals surface area (Å²) in [6, 6.07) is 6.26. The molecule has 4 rings (SSSR count). The van der Waals surface area contributed by atoms with Crippen LogP contribution in [0.4, 0.5) is 0 Å². The summed E-state index contributed by atoms with van der Waals surface area (Å²) in [6.07, 6.45) is 8.69. The maximum Gasteiger partial charge on any atom is 0.160 e. The molecule has 126 valence electrons. The van der Waals surface area contributed by atoms with Crippen molar-refractivity contribution in [2.24, 2.45) is 17.3 Å². The lowest BCUT2D eigenvalue weighted by molar-refractivity contribution is 0.0813. The topological polar surface area (TPSA) is 53.2 Å². The first-order valence-corrected chi connectivity index (χ1v) is 9.07. The van der Waals surface area contributed by atoms with E-state index in [4.69, 9.17) is 10.00 Å². The Balaban J connectivity index is 1.72. The molecule has 0 amide bonds. The molecular weight excluding hydrogens is 298 g/mol. The highest BCUT2D eigenvalue weighted by molar-refractivity contribution is 5.49. The quantitative estimate of drug-likeness (QED) is 0.762. The molecule has 2 fully saturated rings. The minimum Gasteiger partial charge on any atom is -0.504 e. The lowest BCUT2D eigenvalue weighted by Crippen LogP contribution is -2.40. The summed E-state index contributed by atoms with van der Waals surface area (Å²) < 4.78 is 5.35. The first-order valence-electron chi connectivity index (χ1n) is 9.07. The van der Waals surface area contributed by atoms with E-state index < -0.39 is 0 Å². The molecule has 4 atom stereocenters. The molecule has 1 aromatic carbocycles. The van der Waals surface area contributed by atoms with Gasteiger partial charge in [-0.15, -0.1) is 0 Å². The number of rotatable bonds is 1. The maximum absolute atomic E-state index is 10.1. The highest BCUT2D eigenvalue weighted by Crippen LogP contribution is 2.63. The standard InChI is InChI=1S/C21H25NO2/c1-21-9-7-15-16(18(21)6-4-14(21)8-10-22)5-3-13-11-19(23)20(24-2)12-17(13)15/h8,11-12,15-16,18,23H,3-7,9H2,1-2H3. The van der Waals surface area contributed by atoms with Crippen molar-refractivity contribution in [1.29, 1.82) is 5.26 Å². The van der Waals surface area contributed by atoms with Gasteiger partial charge in [-0.1, -0.05) is 12.5 Å². The average Bonchev–Trinajstić information content (AvgIpc) is 2.91. The minimum atomic E-state index is 0.218. The van der Waals surface area contributed by atoms with Crippen LogP contribution >= 0.6 is 0 Å². The van der Waals surface area contributed by atoms with Crippen molar-refractivity contribution < 1.29 is 9.84 Å². The summed E-state index contributed by atoms with van der Waals surface area (Å²) in [5.41, 5.74) is 4.28. The number of aryl methyl sites for hydroxylation is 1. The van der Waals surface area contributed by atoms with Gasteiger partial charge in [0.05, 0.1) is 13.2 Å². The van der Waals surface area contributed by atoms with Crippen LogP contribution in [0.3, 0.4) is 0 Å². The number of phenols is 1. The van der Waals surface area contributed by atoms with Crippen LogP contribution < -0.4 is 4.74 Å². The van der Waals surface area contributed by atoms with Crippen LogP contribution in [-0.4, -0.2) is 12.2 Å². The van der Waals surface area contributed by atoms with Crippen LogP contribution in [0.25, 0.3) is 0 Å². The van der Waals surface area contributed by atoms with Gasteiger partial charge in [-0.25, -0.2) is 0 Å². The molecule has 0 aliphatic heterocycles. The van der Waals surface area contributed by atoms with Crippen LogP contribution in [0.5, 0.6) is 11.5 Å². The molecule has 4 unspecified atom stereocenters. The summed E-state index contributed by atoms with van der Waals surface area (Å²) >= 11 is 0. The fourth-order valence-electron chi connectivity index (χ4n) is 5.91. The summed E-state index contributed by atoms with van der Waals surface area (Å²) in [7, 11) is 1.62. The summed E-state index contributed by atoms with van der Waals surface area (Å²) in [5.74, 6) is 2.80. The molecule has 0 saturated heterocycles. The first kappa shape index (κ1) is 15.6. The number of methoxy groups -OCH3 is 1. The fraction of sp³-hybridized carbons (Fsp3) is 0.571. The van der Waals surface area contributed by atoms with Crippen molar-refractivity contribution >= 4 is 0 Å². The van der Waals surface area contributed by atoms with E-state index in [1.165, 1.54) is 36.0 Å². The van der Waals surface area contributed by atoms with Gasteiger partial charge >= 0.3 is 0 Å². The molecule has 0 aromatic heterocycles. The highest BCUT2D eigenvalue weighted by Gasteiger charge is 2.52. The molecule has 2 saturated carbocycles. The van der Waals surface area contributed by atoms with Gasteiger partial charge in [-0.2, -0.15) is 5.26 Å². The van der Waals surface area contributed by atoms with Crippen LogP contribution in [0, 0.1) is 28.6 Å². The molecule has 3 aliphatic rings. The zero-order chi connectivity index (χ0) is 16.9. The van der Waals surface area contributed by atoms with Gasteiger partial charge in [0.15, 0.2) is 11.5 Å². The largest absolute Gasteiger partial charge is 0.504 e. The Hall–Kier alpha value is -1.95. The number of allylic oxidation sites excluding steroid dienone is 2. The van der Waals surface area contributed by atoms with Gasteiger partial charge < -0.3 is 9.84 Å². The normalized spacial score (nSPS) is 35.7. The van der Waals surface area contributed by atoms with E-state index >= 15 is 0 Å². The molecule has 24 heavy (non-hydrogen) atoms. The SMILES string of the molecule is COc1cc2c(cc1O)CCC1C2CCC2(C)C(=CC#N)CCC12. The van der Waals surface area contributed by atoms with E-state index in [0.717, 1.165) is 19.3 Å². The average molecular weight is 323 g/mol. The zero-order valence-corrected chi connectivity index (χ0v) is 14.5. The number of nitriles is 1. The smallest absolute Gasteiger partial charge is 0.160 e.